The van der Waals surface area contributed by atoms with Gasteiger partial charge < -0.3 is 9.47 Å². The first-order valence-corrected chi connectivity index (χ1v) is 10.1. The highest BCUT2D eigenvalue weighted by atomic mass is 32.2. The van der Waals surface area contributed by atoms with Crippen LogP contribution in [-0.4, -0.2) is 43.7 Å². The van der Waals surface area contributed by atoms with Gasteiger partial charge in [-0.2, -0.15) is 0 Å². The van der Waals surface area contributed by atoms with Gasteiger partial charge in [-0.1, -0.05) is 18.2 Å². The number of rotatable bonds is 3. The molecule has 2 aliphatic rings. The maximum absolute atomic E-state index is 12.5. The molecule has 3 rings (SSSR count). The Morgan fingerprint density at radius 3 is 2.68 bits per heavy atom. The molecule has 2 aliphatic heterocycles. The van der Waals surface area contributed by atoms with Gasteiger partial charge in [0.1, 0.15) is 11.4 Å². The van der Waals surface area contributed by atoms with Crippen molar-refractivity contribution in [3.05, 3.63) is 41.6 Å². The van der Waals surface area contributed by atoms with Crippen LogP contribution < -0.4 is 4.74 Å². The fourth-order valence-corrected chi connectivity index (χ4v) is 5.38. The van der Waals surface area contributed by atoms with Crippen molar-refractivity contribution < 1.29 is 22.7 Å². The van der Waals surface area contributed by atoms with Gasteiger partial charge >= 0.3 is 5.97 Å². The number of allylic oxidation sites excluding steroid dienone is 1. The Hall–Kier alpha value is -2.02. The zero-order valence-electron chi connectivity index (χ0n) is 14.9. The third kappa shape index (κ3) is 2.90. The van der Waals surface area contributed by atoms with E-state index in [0.717, 1.165) is 17.6 Å². The monoisotopic (exact) mass is 365 g/mol. The lowest BCUT2D eigenvalue weighted by Gasteiger charge is -2.51. The third-order valence-electron chi connectivity index (χ3n) is 4.93. The van der Waals surface area contributed by atoms with Crippen LogP contribution in [0, 0.1) is 5.92 Å². The van der Waals surface area contributed by atoms with Crippen LogP contribution >= 0.6 is 0 Å². The number of hydrogen-bond acceptors (Lipinski definition) is 5. The van der Waals surface area contributed by atoms with E-state index >= 15 is 0 Å². The van der Waals surface area contributed by atoms with Crippen molar-refractivity contribution in [2.75, 3.05) is 19.5 Å². The maximum atomic E-state index is 12.5. The number of ether oxygens (including phenoxy) is 2. The summed E-state index contributed by atoms with van der Waals surface area (Å²) in [6.45, 7) is 5.92. The summed E-state index contributed by atoms with van der Waals surface area (Å²) in [5, 5.41) is 0. The zero-order valence-corrected chi connectivity index (χ0v) is 15.7. The van der Waals surface area contributed by atoms with Crippen molar-refractivity contribution in [2.45, 2.75) is 32.2 Å². The van der Waals surface area contributed by atoms with E-state index in [9.17, 15) is 13.2 Å². The lowest BCUT2D eigenvalue weighted by Crippen LogP contribution is -2.58. The Morgan fingerprint density at radius 1 is 1.36 bits per heavy atom. The van der Waals surface area contributed by atoms with Crippen molar-refractivity contribution in [3.8, 4) is 5.75 Å². The molecule has 0 radical (unpaired) electrons. The highest BCUT2D eigenvalue weighted by molar-refractivity contribution is 7.88. The second-order valence-electron chi connectivity index (χ2n) is 6.93. The molecule has 25 heavy (non-hydrogen) atoms. The smallest absolute Gasteiger partial charge is 0.355 e. The number of fused-ring (bicyclic) bond motifs is 3. The molecule has 0 N–H and O–H groups in total. The highest BCUT2D eigenvalue weighted by Crippen LogP contribution is 2.49. The lowest BCUT2D eigenvalue weighted by atomic mass is 9.71. The van der Waals surface area contributed by atoms with Gasteiger partial charge in [0.15, 0.2) is 0 Å². The number of benzene rings is 1. The van der Waals surface area contributed by atoms with E-state index in [1.807, 2.05) is 38.1 Å². The number of sulfonamides is 1. The van der Waals surface area contributed by atoms with Crippen molar-refractivity contribution in [1.29, 1.82) is 0 Å². The first kappa shape index (κ1) is 17.8. The molecule has 2 atom stereocenters. The Morgan fingerprint density at radius 2 is 2.04 bits per heavy atom. The minimum atomic E-state index is -3.67. The molecule has 0 aliphatic carbocycles. The minimum Gasteiger partial charge on any atom is -0.493 e. The van der Waals surface area contributed by atoms with Gasteiger partial charge in [0.05, 0.1) is 25.0 Å². The van der Waals surface area contributed by atoms with Crippen LogP contribution in [0.3, 0.4) is 0 Å². The second kappa shape index (κ2) is 6.05. The summed E-state index contributed by atoms with van der Waals surface area (Å²) in [6, 6.07) is 7.65. The summed E-state index contributed by atoms with van der Waals surface area (Å²) in [4.78, 5) is 12.5. The summed E-state index contributed by atoms with van der Waals surface area (Å²) in [5.41, 5.74) is 0.205. The second-order valence-corrected chi connectivity index (χ2v) is 8.77. The standard InChI is InChI=1S/C18H23NO5S/c1-5-23-17(20)15-10-13-12-8-6-7-9-16(12)24-11-14(13)18(2,3)19(15)25(4,21)22/h6-10,13-14H,5,11H2,1-4H3/t13-,14+/m1/s1. The van der Waals surface area contributed by atoms with Gasteiger partial charge in [-0.25, -0.2) is 13.2 Å². The average molecular weight is 365 g/mol. The topological polar surface area (TPSA) is 72.9 Å². The predicted molar refractivity (Wildman–Crippen MR) is 93.6 cm³/mol. The largest absolute Gasteiger partial charge is 0.493 e. The lowest BCUT2D eigenvalue weighted by molar-refractivity contribution is -0.141. The number of para-hydroxylation sites is 1. The molecule has 0 fully saturated rings. The van der Waals surface area contributed by atoms with Gasteiger partial charge in [0, 0.05) is 17.4 Å². The number of nitrogens with zero attached hydrogens (tertiary/aromatic N) is 1. The van der Waals surface area contributed by atoms with Crippen LogP contribution in [0.25, 0.3) is 0 Å². The summed E-state index contributed by atoms with van der Waals surface area (Å²) < 4.78 is 37.1. The molecule has 136 valence electrons. The average Bonchev–Trinajstić information content (AvgIpc) is 2.52. The Kier molecular flexibility index (Phi) is 4.31. The summed E-state index contributed by atoms with van der Waals surface area (Å²) in [7, 11) is -3.67. The molecule has 0 bridgehead atoms. The molecule has 6 nitrogen and oxygen atoms in total. The normalized spacial score (nSPS) is 24.5. The Bertz CT molecular complexity index is 828. The molecule has 0 unspecified atom stereocenters. The highest BCUT2D eigenvalue weighted by Gasteiger charge is 2.52. The molecule has 0 spiro atoms. The predicted octanol–water partition coefficient (Wildman–Crippen LogP) is 2.28. The van der Waals surface area contributed by atoms with E-state index < -0.39 is 21.5 Å². The van der Waals surface area contributed by atoms with Gasteiger partial charge in [0.25, 0.3) is 0 Å². The Balaban J connectivity index is 2.21. The first-order valence-electron chi connectivity index (χ1n) is 8.29. The molecule has 1 aromatic rings. The van der Waals surface area contributed by atoms with Crippen LogP contribution in [0.2, 0.25) is 0 Å². The molecule has 7 heteroatoms. The Labute approximate surface area is 148 Å². The van der Waals surface area contributed by atoms with E-state index in [4.69, 9.17) is 9.47 Å². The van der Waals surface area contributed by atoms with Gasteiger partial charge in [0.2, 0.25) is 10.0 Å². The third-order valence-corrected chi connectivity index (χ3v) is 6.26. The van der Waals surface area contributed by atoms with Crippen LogP contribution in [-0.2, 0) is 19.6 Å². The van der Waals surface area contributed by atoms with E-state index in [-0.39, 0.29) is 24.1 Å². The molecular formula is C18H23NO5S. The molecule has 0 saturated heterocycles. The molecule has 2 heterocycles. The summed E-state index contributed by atoms with van der Waals surface area (Å²) >= 11 is 0. The maximum Gasteiger partial charge on any atom is 0.355 e. The van der Waals surface area contributed by atoms with Crippen LogP contribution in [0.5, 0.6) is 5.75 Å². The molecule has 0 amide bonds. The number of esters is 1. The zero-order chi connectivity index (χ0) is 18.4. The fraction of sp³-hybridized carbons (Fsp3) is 0.500. The first-order chi connectivity index (χ1) is 11.7. The van der Waals surface area contributed by atoms with Crippen molar-refractivity contribution in [1.82, 2.24) is 4.31 Å². The van der Waals surface area contributed by atoms with Crippen molar-refractivity contribution >= 4 is 16.0 Å². The number of hydrogen-bond donors (Lipinski definition) is 0. The van der Waals surface area contributed by atoms with Crippen LogP contribution in [0.1, 0.15) is 32.3 Å². The van der Waals surface area contributed by atoms with Crippen LogP contribution in [0.4, 0.5) is 0 Å². The minimum absolute atomic E-state index is 0.0762. The number of carbonyl (C=O) groups is 1. The molecule has 0 saturated carbocycles. The van der Waals surface area contributed by atoms with Gasteiger partial charge in [-0.3, -0.25) is 4.31 Å². The van der Waals surface area contributed by atoms with Gasteiger partial charge in [-0.15, -0.1) is 0 Å². The van der Waals surface area contributed by atoms with Crippen molar-refractivity contribution in [2.24, 2.45) is 5.92 Å². The molecule has 0 aromatic heterocycles. The summed E-state index contributed by atoms with van der Waals surface area (Å²) in [5.74, 6) is -0.0807. The SMILES string of the molecule is CCOC(=O)C1=C[C@@H]2c3ccccc3OC[C@@H]2C(C)(C)N1S(C)(=O)=O. The molecule has 1 aromatic carbocycles. The quantitative estimate of drug-likeness (QED) is 0.769. The van der Waals surface area contributed by atoms with Crippen molar-refractivity contribution in [3.63, 3.8) is 0 Å². The van der Waals surface area contributed by atoms with E-state index in [0.29, 0.717) is 6.61 Å². The van der Waals surface area contributed by atoms with Gasteiger partial charge in [-0.05, 0) is 32.9 Å². The fourth-order valence-electron chi connectivity index (χ4n) is 3.90. The summed E-state index contributed by atoms with van der Waals surface area (Å²) in [6.07, 6.45) is 2.83. The molecular weight excluding hydrogens is 342 g/mol. The van der Waals surface area contributed by atoms with E-state index in [1.165, 1.54) is 4.31 Å². The van der Waals surface area contributed by atoms with Crippen LogP contribution in [0.15, 0.2) is 36.0 Å². The van der Waals surface area contributed by atoms with E-state index in [1.54, 1.807) is 13.0 Å². The number of carbonyl (C=O) groups excluding carboxylic acids is 1. The van der Waals surface area contributed by atoms with E-state index in [2.05, 4.69) is 0 Å².